The van der Waals surface area contributed by atoms with Crippen LogP contribution >= 0.6 is 0 Å². The highest BCUT2D eigenvalue weighted by atomic mass is 16.4. The Kier molecular flexibility index (Phi) is 5.09. The summed E-state index contributed by atoms with van der Waals surface area (Å²) in [6.45, 7) is 9.67. The van der Waals surface area contributed by atoms with Gasteiger partial charge in [0.1, 0.15) is 0 Å². The number of anilines is 1. The molecule has 0 radical (unpaired) electrons. The Morgan fingerprint density at radius 2 is 1.83 bits per heavy atom. The van der Waals surface area contributed by atoms with Crippen molar-refractivity contribution < 1.29 is 14.7 Å². The van der Waals surface area contributed by atoms with Crippen LogP contribution in [0.15, 0.2) is 24.3 Å². The fourth-order valence-corrected chi connectivity index (χ4v) is 2.97. The van der Waals surface area contributed by atoms with Gasteiger partial charge >= 0.3 is 5.97 Å². The van der Waals surface area contributed by atoms with Crippen LogP contribution in [0.1, 0.15) is 33.3 Å². The number of benzene rings is 1. The lowest BCUT2D eigenvalue weighted by atomic mass is 9.87. The molecule has 5 nitrogen and oxygen atoms in total. The molecule has 0 aliphatic carbocycles. The molecule has 5 heteroatoms. The van der Waals surface area contributed by atoms with E-state index in [2.05, 4.69) is 26.1 Å². The first-order valence-corrected chi connectivity index (χ1v) is 8.02. The SMILES string of the molecule is C[C@@H]1CN(CC(=O)Nc2ccc(C(C)(C)C)cc2)C[C@H]1C(=O)O. The minimum atomic E-state index is -0.779. The van der Waals surface area contributed by atoms with Crippen molar-refractivity contribution in [2.24, 2.45) is 11.8 Å². The maximum absolute atomic E-state index is 12.1. The van der Waals surface area contributed by atoms with Crippen LogP contribution in [0.3, 0.4) is 0 Å². The van der Waals surface area contributed by atoms with Gasteiger partial charge in [0, 0.05) is 18.8 Å². The Labute approximate surface area is 137 Å². The molecule has 0 bridgehead atoms. The molecule has 2 rings (SSSR count). The van der Waals surface area contributed by atoms with Gasteiger partial charge in [-0.2, -0.15) is 0 Å². The number of aliphatic carboxylic acids is 1. The fraction of sp³-hybridized carbons (Fsp3) is 0.556. The molecule has 0 saturated carbocycles. The minimum absolute atomic E-state index is 0.0753. The van der Waals surface area contributed by atoms with Crippen LogP contribution in [0, 0.1) is 11.8 Å². The van der Waals surface area contributed by atoms with E-state index in [1.165, 1.54) is 5.56 Å². The van der Waals surface area contributed by atoms with Gasteiger partial charge in [-0.1, -0.05) is 39.8 Å². The second-order valence-corrected chi connectivity index (χ2v) is 7.49. The van der Waals surface area contributed by atoms with Gasteiger partial charge in [-0.05, 0) is 29.0 Å². The molecule has 1 amide bonds. The Balaban J connectivity index is 1.89. The predicted octanol–water partition coefficient (Wildman–Crippen LogP) is 2.58. The van der Waals surface area contributed by atoms with Crippen molar-refractivity contribution in [1.82, 2.24) is 4.90 Å². The average molecular weight is 318 g/mol. The molecule has 1 aliphatic rings. The molecule has 0 spiro atoms. The number of nitrogens with zero attached hydrogens (tertiary/aromatic N) is 1. The zero-order valence-electron chi connectivity index (χ0n) is 14.3. The number of likely N-dealkylation sites (tertiary alicyclic amines) is 1. The third kappa shape index (κ3) is 4.55. The zero-order chi connectivity index (χ0) is 17.2. The monoisotopic (exact) mass is 318 g/mol. The number of hydrogen-bond acceptors (Lipinski definition) is 3. The first-order chi connectivity index (χ1) is 10.7. The number of rotatable bonds is 4. The summed E-state index contributed by atoms with van der Waals surface area (Å²) in [5.41, 5.74) is 2.07. The van der Waals surface area contributed by atoms with E-state index in [0.29, 0.717) is 13.1 Å². The molecule has 1 fully saturated rings. The number of carbonyl (C=O) groups is 2. The molecule has 0 unspecified atom stereocenters. The lowest BCUT2D eigenvalue weighted by Crippen LogP contribution is -2.32. The smallest absolute Gasteiger partial charge is 0.308 e. The topological polar surface area (TPSA) is 69.6 Å². The van der Waals surface area contributed by atoms with Gasteiger partial charge in [0.05, 0.1) is 12.5 Å². The first kappa shape index (κ1) is 17.5. The van der Waals surface area contributed by atoms with Crippen LogP contribution in [-0.2, 0) is 15.0 Å². The highest BCUT2D eigenvalue weighted by molar-refractivity contribution is 5.92. The summed E-state index contributed by atoms with van der Waals surface area (Å²) in [4.78, 5) is 25.2. The summed E-state index contributed by atoms with van der Waals surface area (Å²) in [6.07, 6.45) is 0. The van der Waals surface area contributed by atoms with E-state index in [-0.39, 0.29) is 29.7 Å². The Hall–Kier alpha value is -1.88. The molecular weight excluding hydrogens is 292 g/mol. The van der Waals surface area contributed by atoms with Crippen molar-refractivity contribution >= 4 is 17.6 Å². The van der Waals surface area contributed by atoms with Crippen molar-refractivity contribution in [3.63, 3.8) is 0 Å². The fourth-order valence-electron chi connectivity index (χ4n) is 2.97. The van der Waals surface area contributed by atoms with Gasteiger partial charge < -0.3 is 10.4 Å². The molecular formula is C18H26N2O3. The largest absolute Gasteiger partial charge is 0.481 e. The van der Waals surface area contributed by atoms with E-state index in [4.69, 9.17) is 5.11 Å². The van der Waals surface area contributed by atoms with Crippen LogP contribution in [0.2, 0.25) is 0 Å². The third-order valence-corrected chi connectivity index (χ3v) is 4.41. The van der Waals surface area contributed by atoms with Gasteiger partial charge in [-0.15, -0.1) is 0 Å². The van der Waals surface area contributed by atoms with E-state index >= 15 is 0 Å². The van der Waals surface area contributed by atoms with E-state index in [1.54, 1.807) is 0 Å². The molecule has 23 heavy (non-hydrogen) atoms. The van der Waals surface area contributed by atoms with Gasteiger partial charge in [-0.25, -0.2) is 0 Å². The summed E-state index contributed by atoms with van der Waals surface area (Å²) in [5.74, 6) is -1.19. The van der Waals surface area contributed by atoms with Crippen LogP contribution in [0.25, 0.3) is 0 Å². The number of hydrogen-bond donors (Lipinski definition) is 2. The van der Waals surface area contributed by atoms with Crippen LogP contribution in [0.4, 0.5) is 5.69 Å². The predicted molar refractivity (Wildman–Crippen MR) is 90.5 cm³/mol. The van der Waals surface area contributed by atoms with Crippen molar-refractivity contribution in [2.75, 3.05) is 25.0 Å². The van der Waals surface area contributed by atoms with E-state index in [1.807, 2.05) is 36.1 Å². The van der Waals surface area contributed by atoms with Crippen LogP contribution in [0.5, 0.6) is 0 Å². The number of carboxylic acid groups (broad SMARTS) is 1. The van der Waals surface area contributed by atoms with Crippen molar-refractivity contribution in [1.29, 1.82) is 0 Å². The molecule has 1 aromatic rings. The summed E-state index contributed by atoms with van der Waals surface area (Å²) in [6, 6.07) is 7.86. The van der Waals surface area contributed by atoms with Gasteiger partial charge in [0.2, 0.25) is 5.91 Å². The van der Waals surface area contributed by atoms with E-state index in [9.17, 15) is 9.59 Å². The maximum atomic E-state index is 12.1. The quantitative estimate of drug-likeness (QED) is 0.895. The van der Waals surface area contributed by atoms with Crippen molar-refractivity contribution in [3.05, 3.63) is 29.8 Å². The lowest BCUT2D eigenvalue weighted by Gasteiger charge is -2.19. The second-order valence-electron chi connectivity index (χ2n) is 7.49. The summed E-state index contributed by atoms with van der Waals surface area (Å²) < 4.78 is 0. The summed E-state index contributed by atoms with van der Waals surface area (Å²) >= 11 is 0. The molecule has 1 saturated heterocycles. The standard InChI is InChI=1S/C18H26N2O3/c1-12-9-20(10-15(12)17(22)23)11-16(21)19-14-7-5-13(6-8-14)18(2,3)4/h5-8,12,15H,9-11H2,1-4H3,(H,19,21)(H,22,23)/t12-,15-/m1/s1. The normalized spacial score (nSPS) is 22.1. The molecule has 2 atom stereocenters. The zero-order valence-corrected chi connectivity index (χ0v) is 14.3. The number of carboxylic acids is 1. The Morgan fingerprint density at radius 1 is 1.22 bits per heavy atom. The number of carbonyl (C=O) groups excluding carboxylic acids is 1. The van der Waals surface area contributed by atoms with E-state index in [0.717, 1.165) is 5.69 Å². The molecule has 1 heterocycles. The molecule has 126 valence electrons. The third-order valence-electron chi connectivity index (χ3n) is 4.41. The van der Waals surface area contributed by atoms with Gasteiger partial charge in [0.25, 0.3) is 0 Å². The summed E-state index contributed by atoms with van der Waals surface area (Å²) in [5, 5.41) is 12.0. The molecule has 1 aromatic carbocycles. The minimum Gasteiger partial charge on any atom is -0.481 e. The number of nitrogens with one attached hydrogen (secondary N) is 1. The highest BCUT2D eigenvalue weighted by Crippen LogP contribution is 2.24. The van der Waals surface area contributed by atoms with Crippen LogP contribution < -0.4 is 5.32 Å². The van der Waals surface area contributed by atoms with Crippen molar-refractivity contribution in [2.45, 2.75) is 33.1 Å². The molecule has 2 N–H and O–H groups in total. The van der Waals surface area contributed by atoms with Gasteiger partial charge in [-0.3, -0.25) is 14.5 Å². The van der Waals surface area contributed by atoms with Gasteiger partial charge in [0.15, 0.2) is 0 Å². The first-order valence-electron chi connectivity index (χ1n) is 8.02. The Bertz CT molecular complexity index is 575. The van der Waals surface area contributed by atoms with Crippen LogP contribution in [-0.4, -0.2) is 41.5 Å². The average Bonchev–Trinajstić information content (AvgIpc) is 2.79. The lowest BCUT2D eigenvalue weighted by molar-refractivity contribution is -0.142. The Morgan fingerprint density at radius 3 is 2.30 bits per heavy atom. The highest BCUT2D eigenvalue weighted by Gasteiger charge is 2.35. The number of amides is 1. The maximum Gasteiger partial charge on any atom is 0.308 e. The van der Waals surface area contributed by atoms with E-state index < -0.39 is 5.97 Å². The molecule has 0 aromatic heterocycles. The summed E-state index contributed by atoms with van der Waals surface area (Å²) in [7, 11) is 0. The van der Waals surface area contributed by atoms with Crippen molar-refractivity contribution in [3.8, 4) is 0 Å². The molecule has 1 aliphatic heterocycles. The second kappa shape index (κ2) is 6.71.